The van der Waals surface area contributed by atoms with E-state index < -0.39 is 11.4 Å². The van der Waals surface area contributed by atoms with E-state index in [1.165, 1.54) is 6.07 Å². The normalized spacial score (nSPS) is 12.1. The second-order valence-corrected chi connectivity index (χ2v) is 7.26. The van der Waals surface area contributed by atoms with Gasteiger partial charge in [0.1, 0.15) is 11.6 Å². The molecule has 0 aliphatic carbocycles. The second kappa shape index (κ2) is 7.72. The Morgan fingerprint density at radius 2 is 1.39 bits per heavy atom. The molecule has 1 unspecified atom stereocenters. The standard InChI is InChI=1S/C22H14ClFO3S/c23-19-7-3-14(4-8-19)21-10-6-18(13-22(21)24)15-1-2-17-12-20(27-28(25)26)9-5-16(17)11-15/h1-13H,(H,25,26). The van der Waals surface area contributed by atoms with Gasteiger partial charge in [0.25, 0.3) is 0 Å². The summed E-state index contributed by atoms with van der Waals surface area (Å²) in [6, 6.07) is 22.9. The molecule has 28 heavy (non-hydrogen) atoms. The SMILES string of the molecule is O=S(O)Oc1ccc2cc(-c3ccc(-c4ccc(Cl)cc4)c(F)c3)ccc2c1. The third-order valence-electron chi connectivity index (χ3n) is 4.44. The van der Waals surface area contributed by atoms with Crippen molar-refractivity contribution in [3.8, 4) is 28.0 Å². The van der Waals surface area contributed by atoms with Crippen molar-refractivity contribution in [3.63, 3.8) is 0 Å². The first kappa shape index (κ1) is 18.6. The number of hydrogen-bond acceptors (Lipinski definition) is 2. The van der Waals surface area contributed by atoms with Crippen LogP contribution in [0.5, 0.6) is 5.75 Å². The molecule has 3 nitrogen and oxygen atoms in total. The molecule has 0 spiro atoms. The van der Waals surface area contributed by atoms with Crippen LogP contribution in [0, 0.1) is 5.82 Å². The average molecular weight is 413 g/mol. The Kier molecular flexibility index (Phi) is 5.13. The Morgan fingerprint density at radius 1 is 0.786 bits per heavy atom. The molecule has 0 fully saturated rings. The van der Waals surface area contributed by atoms with Gasteiger partial charge < -0.3 is 4.18 Å². The van der Waals surface area contributed by atoms with Crippen LogP contribution in [0.3, 0.4) is 0 Å². The quantitative estimate of drug-likeness (QED) is 0.390. The minimum atomic E-state index is -2.36. The number of benzene rings is 4. The fourth-order valence-corrected chi connectivity index (χ4v) is 3.49. The minimum Gasteiger partial charge on any atom is -0.380 e. The predicted octanol–water partition coefficient (Wildman–Crippen LogP) is 6.48. The van der Waals surface area contributed by atoms with E-state index in [-0.39, 0.29) is 5.82 Å². The van der Waals surface area contributed by atoms with Crippen LogP contribution in [-0.2, 0) is 11.4 Å². The van der Waals surface area contributed by atoms with Gasteiger partial charge in [-0.2, -0.15) is 4.21 Å². The van der Waals surface area contributed by atoms with Crippen LogP contribution >= 0.6 is 11.6 Å². The van der Waals surface area contributed by atoms with E-state index >= 15 is 0 Å². The van der Waals surface area contributed by atoms with Crippen molar-refractivity contribution in [3.05, 3.63) is 89.7 Å². The van der Waals surface area contributed by atoms with Crippen molar-refractivity contribution in [1.29, 1.82) is 0 Å². The van der Waals surface area contributed by atoms with Crippen molar-refractivity contribution in [2.24, 2.45) is 0 Å². The van der Waals surface area contributed by atoms with E-state index in [1.54, 1.807) is 48.5 Å². The van der Waals surface area contributed by atoms with Crippen molar-refractivity contribution < 1.29 is 17.3 Å². The molecule has 4 rings (SSSR count). The molecule has 6 heteroatoms. The molecule has 0 radical (unpaired) electrons. The molecule has 4 aromatic carbocycles. The van der Waals surface area contributed by atoms with Gasteiger partial charge in [0, 0.05) is 10.6 Å². The largest absolute Gasteiger partial charge is 0.380 e. The third-order valence-corrected chi connectivity index (χ3v) is 5.02. The van der Waals surface area contributed by atoms with Crippen LogP contribution in [0.25, 0.3) is 33.0 Å². The van der Waals surface area contributed by atoms with Gasteiger partial charge in [-0.25, -0.2) is 4.39 Å². The lowest BCUT2D eigenvalue weighted by Gasteiger charge is -2.09. The first-order valence-electron chi connectivity index (χ1n) is 8.38. The van der Waals surface area contributed by atoms with Gasteiger partial charge >= 0.3 is 11.4 Å². The summed E-state index contributed by atoms with van der Waals surface area (Å²) in [5.74, 6) is -0.00598. The van der Waals surface area contributed by atoms with E-state index in [4.69, 9.17) is 20.3 Å². The minimum absolute atomic E-state index is 0.305. The van der Waals surface area contributed by atoms with Crippen molar-refractivity contribution in [2.45, 2.75) is 0 Å². The van der Waals surface area contributed by atoms with Gasteiger partial charge in [0.2, 0.25) is 0 Å². The summed E-state index contributed by atoms with van der Waals surface area (Å²) >= 11 is 3.53. The summed E-state index contributed by atoms with van der Waals surface area (Å²) in [6.07, 6.45) is 0. The van der Waals surface area contributed by atoms with Crippen LogP contribution in [-0.4, -0.2) is 8.76 Å². The van der Waals surface area contributed by atoms with Crippen LogP contribution in [0.15, 0.2) is 78.9 Å². The lowest BCUT2D eigenvalue weighted by molar-refractivity contribution is 0.458. The highest BCUT2D eigenvalue weighted by Crippen LogP contribution is 2.31. The van der Waals surface area contributed by atoms with Gasteiger partial charge in [-0.15, -0.1) is 0 Å². The molecule has 4 aromatic rings. The van der Waals surface area contributed by atoms with Crippen LogP contribution in [0.4, 0.5) is 4.39 Å². The van der Waals surface area contributed by atoms with Gasteiger partial charge in [-0.1, -0.05) is 54.1 Å². The summed E-state index contributed by atoms with van der Waals surface area (Å²) in [5.41, 5.74) is 2.91. The summed E-state index contributed by atoms with van der Waals surface area (Å²) in [7, 11) is 0. The Morgan fingerprint density at radius 3 is 2.11 bits per heavy atom. The van der Waals surface area contributed by atoms with E-state index in [0.29, 0.717) is 16.3 Å². The Balaban J connectivity index is 1.68. The van der Waals surface area contributed by atoms with Crippen molar-refractivity contribution >= 4 is 33.7 Å². The molecule has 0 heterocycles. The molecule has 0 aromatic heterocycles. The molecule has 0 saturated carbocycles. The van der Waals surface area contributed by atoms with E-state index in [0.717, 1.165) is 27.5 Å². The van der Waals surface area contributed by atoms with E-state index in [9.17, 15) is 8.60 Å². The van der Waals surface area contributed by atoms with Crippen molar-refractivity contribution in [2.75, 3.05) is 0 Å². The molecular weight excluding hydrogens is 399 g/mol. The average Bonchev–Trinajstić information content (AvgIpc) is 2.68. The maximum absolute atomic E-state index is 14.7. The number of hydrogen-bond donors (Lipinski definition) is 1. The molecule has 140 valence electrons. The topological polar surface area (TPSA) is 46.5 Å². The highest BCUT2D eigenvalue weighted by Gasteiger charge is 2.09. The first-order chi connectivity index (χ1) is 13.5. The fraction of sp³-hybridized carbons (Fsp3) is 0. The first-order valence-corrected chi connectivity index (χ1v) is 9.79. The highest BCUT2D eigenvalue weighted by atomic mass is 35.5. The molecule has 0 bridgehead atoms. The molecule has 0 aliphatic heterocycles. The summed E-state index contributed by atoms with van der Waals surface area (Å²) in [4.78, 5) is 0. The molecule has 0 aliphatic rings. The molecule has 0 saturated heterocycles. The van der Waals surface area contributed by atoms with Gasteiger partial charge in [0.15, 0.2) is 0 Å². The number of fused-ring (bicyclic) bond motifs is 1. The summed E-state index contributed by atoms with van der Waals surface area (Å²) < 4.78 is 39.1. The number of rotatable bonds is 4. The molecule has 1 N–H and O–H groups in total. The molecular formula is C22H14ClFO3S. The third kappa shape index (κ3) is 3.92. The summed E-state index contributed by atoms with van der Waals surface area (Å²) in [6.45, 7) is 0. The predicted molar refractivity (Wildman–Crippen MR) is 111 cm³/mol. The van der Waals surface area contributed by atoms with Gasteiger partial charge in [0.05, 0.1) is 0 Å². The highest BCUT2D eigenvalue weighted by molar-refractivity contribution is 7.74. The monoisotopic (exact) mass is 412 g/mol. The molecule has 0 amide bonds. The van der Waals surface area contributed by atoms with Gasteiger partial charge in [-0.3, -0.25) is 4.55 Å². The Labute approximate surface area is 168 Å². The lowest BCUT2D eigenvalue weighted by Crippen LogP contribution is -1.96. The zero-order valence-electron chi connectivity index (χ0n) is 14.4. The van der Waals surface area contributed by atoms with Gasteiger partial charge in [-0.05, 0) is 63.9 Å². The molecule has 1 atom stereocenters. The van der Waals surface area contributed by atoms with Crippen molar-refractivity contribution in [1.82, 2.24) is 0 Å². The Bertz CT molecular complexity index is 1190. The maximum Gasteiger partial charge on any atom is 0.357 e. The zero-order valence-corrected chi connectivity index (χ0v) is 16.0. The smallest absolute Gasteiger partial charge is 0.357 e. The number of halogens is 2. The van der Waals surface area contributed by atoms with Crippen LogP contribution < -0.4 is 4.18 Å². The maximum atomic E-state index is 14.7. The zero-order chi connectivity index (χ0) is 19.7. The fourth-order valence-electron chi connectivity index (χ4n) is 3.10. The van der Waals surface area contributed by atoms with Crippen LogP contribution in [0.2, 0.25) is 5.02 Å². The lowest BCUT2D eigenvalue weighted by atomic mass is 9.98. The summed E-state index contributed by atoms with van der Waals surface area (Å²) in [5, 5.41) is 2.37. The van der Waals surface area contributed by atoms with Crippen LogP contribution in [0.1, 0.15) is 0 Å². The van der Waals surface area contributed by atoms with E-state index in [1.807, 2.05) is 24.3 Å². The Hall–Kier alpha value is -2.73. The van der Waals surface area contributed by atoms with E-state index in [2.05, 4.69) is 0 Å². The second-order valence-electron chi connectivity index (χ2n) is 6.23.